The minimum Gasteiger partial charge on any atom is -0.379 e. The molecule has 1 fully saturated rings. The predicted molar refractivity (Wildman–Crippen MR) is 93.5 cm³/mol. The Labute approximate surface area is 142 Å². The molecule has 0 bridgehead atoms. The third-order valence-corrected chi connectivity index (χ3v) is 5.32. The lowest BCUT2D eigenvalue weighted by Crippen LogP contribution is -2.38. The fourth-order valence-corrected chi connectivity index (χ4v) is 3.93. The second-order valence-corrected chi connectivity index (χ2v) is 6.79. The average molecular weight is 329 g/mol. The van der Waals surface area contributed by atoms with Crippen molar-refractivity contribution in [3.63, 3.8) is 0 Å². The molecule has 1 aromatic rings. The number of nitrogens with zero attached hydrogens (tertiary/aromatic N) is 3. The zero-order valence-corrected chi connectivity index (χ0v) is 13.9. The van der Waals surface area contributed by atoms with Gasteiger partial charge in [0, 0.05) is 30.9 Å². The van der Waals surface area contributed by atoms with E-state index in [1.807, 2.05) is 5.01 Å². The molecule has 4 rings (SSSR count). The highest BCUT2D eigenvalue weighted by Gasteiger charge is 2.34. The molecule has 0 N–H and O–H groups in total. The van der Waals surface area contributed by atoms with Gasteiger partial charge in [0.25, 0.3) is 0 Å². The molecular weight excluding hydrogens is 305 g/mol. The third-order valence-electron chi connectivity index (χ3n) is 5.32. The first-order valence-corrected chi connectivity index (χ1v) is 8.91. The molecule has 0 spiro atoms. The fraction of sp³-hybridized carbons (Fsp3) is 0.526. The molecule has 2 aliphatic heterocycles. The molecule has 1 aliphatic carbocycles. The van der Waals surface area contributed by atoms with Gasteiger partial charge in [0.15, 0.2) is 0 Å². The van der Waals surface area contributed by atoms with Crippen LogP contribution in [0.15, 0.2) is 41.1 Å². The van der Waals surface area contributed by atoms with Crippen LogP contribution in [0.5, 0.6) is 0 Å². The second-order valence-electron chi connectivity index (χ2n) is 6.79. The highest BCUT2D eigenvalue weighted by atomic mass is 19.1. The van der Waals surface area contributed by atoms with Gasteiger partial charge in [-0.3, -0.25) is 4.90 Å². The number of morpholine rings is 1. The highest BCUT2D eigenvalue weighted by molar-refractivity contribution is 5.75. The molecular formula is C19H24FN3O. The number of hydrazone groups is 1. The normalized spacial score (nSPS) is 27.2. The van der Waals surface area contributed by atoms with E-state index in [1.54, 1.807) is 12.1 Å². The molecule has 2 atom stereocenters. The topological polar surface area (TPSA) is 28.1 Å². The van der Waals surface area contributed by atoms with Crippen LogP contribution in [0.1, 0.15) is 19.3 Å². The van der Waals surface area contributed by atoms with Gasteiger partial charge in [-0.05, 0) is 56.0 Å². The Morgan fingerprint density at radius 2 is 1.96 bits per heavy atom. The van der Waals surface area contributed by atoms with Crippen molar-refractivity contribution >= 4 is 11.9 Å². The van der Waals surface area contributed by atoms with Crippen molar-refractivity contribution < 1.29 is 9.13 Å². The Morgan fingerprint density at radius 1 is 1.17 bits per heavy atom. The van der Waals surface area contributed by atoms with Crippen molar-refractivity contribution in [1.29, 1.82) is 0 Å². The second kappa shape index (κ2) is 7.03. The van der Waals surface area contributed by atoms with Gasteiger partial charge in [-0.1, -0.05) is 6.08 Å². The van der Waals surface area contributed by atoms with Crippen molar-refractivity contribution in [3.8, 4) is 0 Å². The summed E-state index contributed by atoms with van der Waals surface area (Å²) in [6.45, 7) is 4.96. The Bertz CT molecular complexity index is 622. The van der Waals surface area contributed by atoms with Crippen LogP contribution >= 0.6 is 0 Å². The molecule has 0 saturated carbocycles. The minimum absolute atomic E-state index is 0.209. The van der Waals surface area contributed by atoms with Gasteiger partial charge >= 0.3 is 0 Å². The van der Waals surface area contributed by atoms with Gasteiger partial charge in [0.1, 0.15) is 5.82 Å². The lowest BCUT2D eigenvalue weighted by atomic mass is 9.80. The summed E-state index contributed by atoms with van der Waals surface area (Å²) >= 11 is 0. The lowest BCUT2D eigenvalue weighted by Gasteiger charge is -2.32. The minimum atomic E-state index is -0.209. The SMILES string of the molecule is Fc1ccc(N2N=CC3C2=CCCC3CCN2CCOCC2)cc1. The van der Waals surface area contributed by atoms with E-state index in [0.29, 0.717) is 11.8 Å². The largest absolute Gasteiger partial charge is 0.379 e. The van der Waals surface area contributed by atoms with E-state index in [4.69, 9.17) is 4.74 Å². The Hall–Kier alpha value is -1.72. The molecule has 4 nitrogen and oxygen atoms in total. The van der Waals surface area contributed by atoms with E-state index in [-0.39, 0.29) is 5.82 Å². The van der Waals surface area contributed by atoms with Crippen LogP contribution in [-0.4, -0.2) is 44.0 Å². The van der Waals surface area contributed by atoms with Crippen molar-refractivity contribution in [3.05, 3.63) is 41.9 Å². The number of benzene rings is 1. The number of ether oxygens (including phenoxy) is 1. The molecule has 2 heterocycles. The highest BCUT2D eigenvalue weighted by Crippen LogP contribution is 2.39. The van der Waals surface area contributed by atoms with Crippen LogP contribution in [-0.2, 0) is 4.74 Å². The number of rotatable bonds is 4. The summed E-state index contributed by atoms with van der Waals surface area (Å²) in [5.74, 6) is 0.825. The summed E-state index contributed by atoms with van der Waals surface area (Å²) < 4.78 is 18.6. The van der Waals surface area contributed by atoms with Gasteiger partial charge < -0.3 is 4.74 Å². The van der Waals surface area contributed by atoms with E-state index < -0.39 is 0 Å². The number of anilines is 1. The van der Waals surface area contributed by atoms with Crippen LogP contribution in [0.25, 0.3) is 0 Å². The van der Waals surface area contributed by atoms with Crippen molar-refractivity contribution in [1.82, 2.24) is 4.90 Å². The number of hydrogen-bond acceptors (Lipinski definition) is 4. The molecule has 2 unspecified atom stereocenters. The molecule has 0 amide bonds. The van der Waals surface area contributed by atoms with Gasteiger partial charge in [-0.2, -0.15) is 5.10 Å². The van der Waals surface area contributed by atoms with Gasteiger partial charge in [-0.25, -0.2) is 9.40 Å². The number of allylic oxidation sites excluding steroid dienone is 2. The first-order valence-electron chi connectivity index (χ1n) is 8.91. The van der Waals surface area contributed by atoms with Crippen molar-refractivity contribution in [2.24, 2.45) is 16.9 Å². The zero-order chi connectivity index (χ0) is 16.4. The Balaban J connectivity index is 1.41. The molecule has 24 heavy (non-hydrogen) atoms. The number of halogens is 1. The van der Waals surface area contributed by atoms with Gasteiger partial charge in [0.2, 0.25) is 0 Å². The molecule has 3 aliphatic rings. The van der Waals surface area contributed by atoms with E-state index >= 15 is 0 Å². The third kappa shape index (κ3) is 3.23. The predicted octanol–water partition coefficient (Wildman–Crippen LogP) is 3.26. The molecule has 0 aromatic heterocycles. The molecule has 1 aromatic carbocycles. The standard InChI is InChI=1S/C19H24FN3O/c20-16-4-6-17(7-5-16)23-19-3-1-2-15(18(19)14-21-23)8-9-22-10-12-24-13-11-22/h3-7,14-15,18H,1-2,8-13H2. The number of hydrogen-bond donors (Lipinski definition) is 0. The van der Waals surface area contributed by atoms with Crippen LogP contribution in [0.2, 0.25) is 0 Å². The quantitative estimate of drug-likeness (QED) is 0.849. The maximum atomic E-state index is 13.2. The maximum Gasteiger partial charge on any atom is 0.123 e. The van der Waals surface area contributed by atoms with E-state index in [1.165, 1.54) is 30.7 Å². The summed E-state index contributed by atoms with van der Waals surface area (Å²) in [6.07, 6.45) is 7.90. The van der Waals surface area contributed by atoms with E-state index in [2.05, 4.69) is 22.3 Å². The summed E-state index contributed by atoms with van der Waals surface area (Å²) in [7, 11) is 0. The van der Waals surface area contributed by atoms with Crippen molar-refractivity contribution in [2.45, 2.75) is 19.3 Å². The maximum absolute atomic E-state index is 13.2. The van der Waals surface area contributed by atoms with Crippen LogP contribution in [0, 0.1) is 17.7 Å². The van der Waals surface area contributed by atoms with Crippen molar-refractivity contribution in [2.75, 3.05) is 37.9 Å². The summed E-state index contributed by atoms with van der Waals surface area (Å²) in [4.78, 5) is 2.51. The monoisotopic (exact) mass is 329 g/mol. The lowest BCUT2D eigenvalue weighted by molar-refractivity contribution is 0.0347. The van der Waals surface area contributed by atoms with Gasteiger partial charge in [-0.15, -0.1) is 0 Å². The zero-order valence-electron chi connectivity index (χ0n) is 13.9. The van der Waals surface area contributed by atoms with Crippen LogP contribution in [0.4, 0.5) is 10.1 Å². The Morgan fingerprint density at radius 3 is 2.75 bits per heavy atom. The first kappa shape index (κ1) is 15.8. The smallest absolute Gasteiger partial charge is 0.123 e. The fourth-order valence-electron chi connectivity index (χ4n) is 3.93. The van der Waals surface area contributed by atoms with Crippen LogP contribution in [0.3, 0.4) is 0 Å². The Kier molecular flexibility index (Phi) is 4.63. The van der Waals surface area contributed by atoms with E-state index in [9.17, 15) is 4.39 Å². The van der Waals surface area contributed by atoms with Gasteiger partial charge in [0.05, 0.1) is 18.9 Å². The summed E-state index contributed by atoms with van der Waals surface area (Å²) in [5, 5.41) is 6.59. The summed E-state index contributed by atoms with van der Waals surface area (Å²) in [5.41, 5.74) is 2.20. The molecule has 5 heteroatoms. The van der Waals surface area contributed by atoms with Crippen LogP contribution < -0.4 is 5.01 Å². The molecule has 128 valence electrons. The first-order chi connectivity index (χ1) is 11.8. The molecule has 1 saturated heterocycles. The average Bonchev–Trinajstić information content (AvgIpc) is 3.06. The summed E-state index contributed by atoms with van der Waals surface area (Å²) in [6, 6.07) is 6.59. The molecule has 0 radical (unpaired) electrons. The van der Waals surface area contributed by atoms with E-state index in [0.717, 1.165) is 45.0 Å². The number of fused-ring (bicyclic) bond motifs is 1.